The van der Waals surface area contributed by atoms with Gasteiger partial charge in [-0.05, 0) is 50.6 Å². The average Bonchev–Trinajstić information content (AvgIpc) is 3.32. The molecule has 0 atom stereocenters. The largest absolute Gasteiger partial charge is 0.411 e. The SMILES string of the molecule is Cc1ccccc1-n1c(C)cc(C(=O)CSc2nnc(-c3ccccc3)o2)c1C. The number of carbonyl (C=O) groups excluding carboxylic acids is 1. The van der Waals surface area contributed by atoms with Crippen molar-refractivity contribution in [1.29, 1.82) is 0 Å². The summed E-state index contributed by atoms with van der Waals surface area (Å²) < 4.78 is 7.82. The molecule has 0 aliphatic rings. The van der Waals surface area contributed by atoms with Gasteiger partial charge in [-0.3, -0.25) is 4.79 Å². The quantitative estimate of drug-likeness (QED) is 0.317. The Labute approximate surface area is 173 Å². The molecule has 146 valence electrons. The molecule has 0 unspecified atom stereocenters. The van der Waals surface area contributed by atoms with E-state index in [2.05, 4.69) is 33.8 Å². The van der Waals surface area contributed by atoms with E-state index in [-0.39, 0.29) is 11.5 Å². The highest BCUT2D eigenvalue weighted by Crippen LogP contribution is 2.27. The predicted octanol–water partition coefficient (Wildman–Crippen LogP) is 5.43. The fraction of sp³-hybridized carbons (Fsp3) is 0.174. The average molecular weight is 404 g/mol. The van der Waals surface area contributed by atoms with E-state index in [4.69, 9.17) is 4.42 Å². The van der Waals surface area contributed by atoms with Gasteiger partial charge < -0.3 is 8.98 Å². The number of ketones is 1. The third kappa shape index (κ3) is 3.89. The minimum atomic E-state index is 0.0439. The molecule has 0 aliphatic carbocycles. The maximum Gasteiger partial charge on any atom is 0.277 e. The van der Waals surface area contributed by atoms with Crippen molar-refractivity contribution in [1.82, 2.24) is 14.8 Å². The van der Waals surface area contributed by atoms with Crippen molar-refractivity contribution in [3.05, 3.63) is 83.2 Å². The first-order chi connectivity index (χ1) is 14.0. The second-order valence-electron chi connectivity index (χ2n) is 6.86. The zero-order valence-electron chi connectivity index (χ0n) is 16.5. The van der Waals surface area contributed by atoms with Gasteiger partial charge in [0.2, 0.25) is 5.89 Å². The van der Waals surface area contributed by atoms with Crippen molar-refractivity contribution in [2.24, 2.45) is 0 Å². The number of rotatable bonds is 6. The molecule has 0 fully saturated rings. The number of nitrogens with zero attached hydrogens (tertiary/aromatic N) is 3. The van der Waals surface area contributed by atoms with Crippen molar-refractivity contribution < 1.29 is 9.21 Å². The topological polar surface area (TPSA) is 60.9 Å². The van der Waals surface area contributed by atoms with Crippen LogP contribution in [0.3, 0.4) is 0 Å². The highest BCUT2D eigenvalue weighted by Gasteiger charge is 2.19. The van der Waals surface area contributed by atoms with Crippen LogP contribution in [0.1, 0.15) is 27.3 Å². The highest BCUT2D eigenvalue weighted by atomic mass is 32.2. The molecule has 0 spiro atoms. The van der Waals surface area contributed by atoms with E-state index < -0.39 is 0 Å². The van der Waals surface area contributed by atoms with Crippen LogP contribution < -0.4 is 0 Å². The lowest BCUT2D eigenvalue weighted by Gasteiger charge is -2.12. The number of benzene rings is 2. The van der Waals surface area contributed by atoms with Gasteiger partial charge in [0.15, 0.2) is 5.78 Å². The lowest BCUT2D eigenvalue weighted by molar-refractivity contribution is 0.102. The number of aryl methyl sites for hydroxylation is 2. The zero-order chi connectivity index (χ0) is 20.4. The van der Waals surface area contributed by atoms with Crippen LogP contribution in [-0.2, 0) is 0 Å². The maximum atomic E-state index is 12.9. The van der Waals surface area contributed by atoms with Gasteiger partial charge in [-0.1, -0.05) is 48.2 Å². The molecule has 4 rings (SSSR count). The monoisotopic (exact) mass is 403 g/mol. The van der Waals surface area contributed by atoms with Crippen LogP contribution >= 0.6 is 11.8 Å². The molecular formula is C23H21N3O2S. The first-order valence-corrected chi connectivity index (χ1v) is 10.3. The minimum absolute atomic E-state index is 0.0439. The molecule has 6 heteroatoms. The Morgan fingerprint density at radius 2 is 1.72 bits per heavy atom. The minimum Gasteiger partial charge on any atom is -0.411 e. The number of hydrogen-bond donors (Lipinski definition) is 0. The van der Waals surface area contributed by atoms with E-state index in [1.165, 1.54) is 17.3 Å². The molecular weight excluding hydrogens is 382 g/mol. The van der Waals surface area contributed by atoms with E-state index in [1.807, 2.05) is 62.4 Å². The van der Waals surface area contributed by atoms with Crippen LogP contribution in [0.2, 0.25) is 0 Å². The summed E-state index contributed by atoms with van der Waals surface area (Å²) in [5.74, 6) is 0.745. The molecule has 0 radical (unpaired) electrons. The molecule has 2 aromatic carbocycles. The summed E-state index contributed by atoms with van der Waals surface area (Å²) >= 11 is 1.26. The Balaban J connectivity index is 1.51. The number of hydrogen-bond acceptors (Lipinski definition) is 5. The highest BCUT2D eigenvalue weighted by molar-refractivity contribution is 7.99. The van der Waals surface area contributed by atoms with Crippen molar-refractivity contribution >= 4 is 17.5 Å². The Morgan fingerprint density at radius 3 is 2.48 bits per heavy atom. The Bertz CT molecular complexity index is 1160. The van der Waals surface area contributed by atoms with E-state index >= 15 is 0 Å². The molecule has 5 nitrogen and oxygen atoms in total. The fourth-order valence-electron chi connectivity index (χ4n) is 3.40. The molecule has 0 saturated carbocycles. The summed E-state index contributed by atoms with van der Waals surface area (Å²) in [6.07, 6.45) is 0. The van der Waals surface area contributed by atoms with Gasteiger partial charge in [0.25, 0.3) is 5.22 Å². The van der Waals surface area contributed by atoms with Crippen molar-refractivity contribution in [3.8, 4) is 17.1 Å². The lowest BCUT2D eigenvalue weighted by atomic mass is 10.1. The number of aromatic nitrogens is 3. The molecule has 0 aliphatic heterocycles. The summed E-state index contributed by atoms with van der Waals surface area (Å²) in [7, 11) is 0. The third-order valence-electron chi connectivity index (χ3n) is 4.84. The molecule has 2 aromatic heterocycles. The van der Waals surface area contributed by atoms with Gasteiger partial charge in [-0.2, -0.15) is 0 Å². The van der Waals surface area contributed by atoms with Gasteiger partial charge in [0, 0.05) is 28.2 Å². The Morgan fingerprint density at radius 1 is 1.00 bits per heavy atom. The number of thioether (sulfide) groups is 1. The molecule has 2 heterocycles. The first-order valence-electron chi connectivity index (χ1n) is 9.34. The summed E-state index contributed by atoms with van der Waals surface area (Å²) in [5.41, 5.74) is 5.83. The van der Waals surface area contributed by atoms with Crippen molar-refractivity contribution in [2.75, 3.05) is 5.75 Å². The Kier molecular flexibility index (Phi) is 5.36. The molecule has 29 heavy (non-hydrogen) atoms. The van der Waals surface area contributed by atoms with Crippen LogP contribution in [0.15, 0.2) is 70.3 Å². The van der Waals surface area contributed by atoms with E-state index in [1.54, 1.807) is 0 Å². The van der Waals surface area contributed by atoms with E-state index in [0.717, 1.165) is 28.2 Å². The van der Waals surface area contributed by atoms with E-state index in [9.17, 15) is 4.79 Å². The molecule has 0 bridgehead atoms. The summed E-state index contributed by atoms with van der Waals surface area (Å²) in [6, 6.07) is 19.7. The van der Waals surface area contributed by atoms with Crippen LogP contribution in [0, 0.1) is 20.8 Å². The summed E-state index contributed by atoms with van der Waals surface area (Å²) in [6.45, 7) is 6.08. The summed E-state index contributed by atoms with van der Waals surface area (Å²) in [4.78, 5) is 12.9. The predicted molar refractivity (Wildman–Crippen MR) is 115 cm³/mol. The van der Waals surface area contributed by atoms with E-state index in [0.29, 0.717) is 11.1 Å². The Hall–Kier alpha value is -3.12. The van der Waals surface area contributed by atoms with Crippen molar-refractivity contribution in [2.45, 2.75) is 26.0 Å². The van der Waals surface area contributed by atoms with Crippen LogP contribution in [0.4, 0.5) is 0 Å². The number of carbonyl (C=O) groups is 1. The first kappa shape index (κ1) is 19.2. The molecule has 0 amide bonds. The van der Waals surface area contributed by atoms with Gasteiger partial charge in [0.1, 0.15) is 0 Å². The molecule has 0 N–H and O–H groups in total. The van der Waals surface area contributed by atoms with Crippen LogP contribution in [0.5, 0.6) is 0 Å². The summed E-state index contributed by atoms with van der Waals surface area (Å²) in [5, 5.41) is 8.51. The smallest absolute Gasteiger partial charge is 0.277 e. The zero-order valence-corrected chi connectivity index (χ0v) is 17.4. The third-order valence-corrected chi connectivity index (χ3v) is 5.66. The second-order valence-corrected chi connectivity index (χ2v) is 7.78. The van der Waals surface area contributed by atoms with Crippen molar-refractivity contribution in [3.63, 3.8) is 0 Å². The normalized spacial score (nSPS) is 11.0. The molecule has 4 aromatic rings. The van der Waals surface area contributed by atoms with Crippen LogP contribution in [-0.4, -0.2) is 26.3 Å². The van der Waals surface area contributed by atoms with Gasteiger partial charge in [0.05, 0.1) is 5.75 Å². The lowest BCUT2D eigenvalue weighted by Crippen LogP contribution is -2.06. The fourth-order valence-corrected chi connectivity index (χ4v) is 4.05. The number of Topliss-reactive ketones (excluding diaryl/α,β-unsaturated/α-hetero) is 1. The van der Waals surface area contributed by atoms with Gasteiger partial charge in [-0.25, -0.2) is 0 Å². The second kappa shape index (κ2) is 8.09. The van der Waals surface area contributed by atoms with Crippen LogP contribution in [0.25, 0.3) is 17.1 Å². The standard InChI is InChI=1S/C23H21N3O2S/c1-15-9-7-8-12-20(15)26-16(2)13-19(17(26)3)21(27)14-29-23-25-24-22(28-23)18-10-5-4-6-11-18/h4-13H,14H2,1-3H3. The number of para-hydroxylation sites is 1. The van der Waals surface area contributed by atoms with Gasteiger partial charge >= 0.3 is 0 Å². The molecule has 0 saturated heterocycles. The van der Waals surface area contributed by atoms with Gasteiger partial charge in [-0.15, -0.1) is 10.2 Å². The maximum absolute atomic E-state index is 12.9.